The van der Waals surface area contributed by atoms with Crippen LogP contribution >= 0.6 is 11.3 Å². The van der Waals surface area contributed by atoms with Crippen LogP contribution in [0, 0.1) is 6.92 Å². The number of hydrogen-bond acceptors (Lipinski definition) is 5. The molecule has 22 heavy (non-hydrogen) atoms. The zero-order valence-corrected chi connectivity index (χ0v) is 13.5. The number of benzene rings is 1. The molecular formula is C17H20N2O2S. The van der Waals surface area contributed by atoms with E-state index in [4.69, 9.17) is 14.5 Å². The normalized spacial score (nSPS) is 16.8. The average Bonchev–Trinajstić information content (AvgIpc) is 3.29. The zero-order valence-electron chi connectivity index (χ0n) is 12.7. The van der Waals surface area contributed by atoms with Crippen molar-refractivity contribution in [2.45, 2.75) is 32.2 Å². The Morgan fingerprint density at radius 1 is 1.23 bits per heavy atom. The number of aryl methyl sites for hydroxylation is 1. The highest BCUT2D eigenvalue weighted by atomic mass is 32.1. The minimum atomic E-state index is 0.616. The molecule has 2 aliphatic rings. The molecule has 1 aromatic carbocycles. The first kappa shape index (κ1) is 14.0. The van der Waals surface area contributed by atoms with E-state index in [0.29, 0.717) is 13.2 Å². The lowest BCUT2D eigenvalue weighted by Gasteiger charge is -2.18. The lowest BCUT2D eigenvalue weighted by Crippen LogP contribution is -2.19. The van der Waals surface area contributed by atoms with Crippen molar-refractivity contribution < 1.29 is 9.47 Å². The van der Waals surface area contributed by atoms with Gasteiger partial charge in [0, 0.05) is 29.4 Å². The van der Waals surface area contributed by atoms with Crippen LogP contribution in [0.3, 0.4) is 0 Å². The fourth-order valence-electron chi connectivity index (χ4n) is 2.69. The Balaban J connectivity index is 1.52. The van der Waals surface area contributed by atoms with E-state index in [0.717, 1.165) is 41.8 Å². The largest absolute Gasteiger partial charge is 0.486 e. The van der Waals surface area contributed by atoms with Crippen LogP contribution in [0.4, 0.5) is 0 Å². The van der Waals surface area contributed by atoms with Crippen LogP contribution in [-0.2, 0) is 6.42 Å². The predicted molar refractivity (Wildman–Crippen MR) is 88.0 cm³/mol. The molecule has 1 aromatic heterocycles. The number of aromatic nitrogens is 1. The smallest absolute Gasteiger partial charge is 0.162 e. The number of ether oxygens (including phenoxy) is 2. The summed E-state index contributed by atoms with van der Waals surface area (Å²) in [5, 5.41) is 4.75. The van der Waals surface area contributed by atoms with Crippen molar-refractivity contribution in [1.82, 2.24) is 10.3 Å². The summed E-state index contributed by atoms with van der Waals surface area (Å²) in [7, 11) is 0. The third-order valence-electron chi connectivity index (χ3n) is 4.01. The molecule has 0 saturated heterocycles. The number of hydrogen-bond donors (Lipinski definition) is 1. The monoisotopic (exact) mass is 316 g/mol. The summed E-state index contributed by atoms with van der Waals surface area (Å²) in [5.41, 5.74) is 2.18. The van der Waals surface area contributed by atoms with Crippen LogP contribution in [0.2, 0.25) is 0 Å². The second-order valence-corrected chi connectivity index (χ2v) is 7.14. The van der Waals surface area contributed by atoms with E-state index in [1.54, 1.807) is 11.3 Å². The van der Waals surface area contributed by atoms with Crippen molar-refractivity contribution in [3.8, 4) is 22.8 Å². The highest BCUT2D eigenvalue weighted by Gasteiger charge is 2.20. The fourth-order valence-corrected chi connectivity index (χ4v) is 3.64. The maximum absolute atomic E-state index is 5.67. The van der Waals surface area contributed by atoms with Crippen molar-refractivity contribution in [2.75, 3.05) is 19.8 Å². The van der Waals surface area contributed by atoms with Crippen molar-refractivity contribution in [1.29, 1.82) is 0 Å². The van der Waals surface area contributed by atoms with Crippen LogP contribution in [0.25, 0.3) is 11.3 Å². The first-order chi connectivity index (χ1) is 10.8. The molecule has 0 bridgehead atoms. The Hall–Kier alpha value is -1.59. The third kappa shape index (κ3) is 2.96. The van der Waals surface area contributed by atoms with Gasteiger partial charge in [-0.15, -0.1) is 11.3 Å². The molecule has 116 valence electrons. The topological polar surface area (TPSA) is 43.4 Å². The molecule has 2 heterocycles. The van der Waals surface area contributed by atoms with Gasteiger partial charge < -0.3 is 14.8 Å². The Bertz CT molecular complexity index is 679. The summed E-state index contributed by atoms with van der Waals surface area (Å²) >= 11 is 1.80. The maximum atomic E-state index is 5.67. The van der Waals surface area contributed by atoms with Crippen LogP contribution < -0.4 is 14.8 Å². The van der Waals surface area contributed by atoms with Crippen molar-refractivity contribution >= 4 is 11.3 Å². The van der Waals surface area contributed by atoms with Crippen molar-refractivity contribution in [3.63, 3.8) is 0 Å². The van der Waals surface area contributed by atoms with Crippen LogP contribution in [0.15, 0.2) is 18.2 Å². The molecule has 0 unspecified atom stereocenters. The number of fused-ring (bicyclic) bond motifs is 1. The predicted octanol–water partition coefficient (Wildman–Crippen LogP) is 3.18. The van der Waals surface area contributed by atoms with E-state index in [1.165, 1.54) is 22.7 Å². The van der Waals surface area contributed by atoms with Crippen molar-refractivity contribution in [3.05, 3.63) is 28.1 Å². The molecular weight excluding hydrogens is 296 g/mol. The van der Waals surface area contributed by atoms with E-state index < -0.39 is 0 Å². The molecule has 1 aliphatic carbocycles. The Labute approximate surface area is 134 Å². The zero-order chi connectivity index (χ0) is 14.9. The molecule has 0 radical (unpaired) electrons. The van der Waals surface area contributed by atoms with Gasteiger partial charge in [-0.2, -0.15) is 0 Å². The van der Waals surface area contributed by atoms with Gasteiger partial charge >= 0.3 is 0 Å². The lowest BCUT2D eigenvalue weighted by atomic mass is 10.1. The van der Waals surface area contributed by atoms with Gasteiger partial charge in [0.1, 0.15) is 13.2 Å². The van der Waals surface area contributed by atoms with Gasteiger partial charge in [-0.25, -0.2) is 4.98 Å². The third-order valence-corrected chi connectivity index (χ3v) is 5.04. The summed E-state index contributed by atoms with van der Waals surface area (Å²) in [4.78, 5) is 6.09. The summed E-state index contributed by atoms with van der Waals surface area (Å²) in [6.07, 6.45) is 3.67. The molecule has 0 atom stereocenters. The Morgan fingerprint density at radius 2 is 2.05 bits per heavy atom. The molecule has 1 saturated carbocycles. The number of thiazole rings is 1. The molecule has 1 fully saturated rings. The van der Waals surface area contributed by atoms with E-state index in [-0.39, 0.29) is 0 Å². The van der Waals surface area contributed by atoms with E-state index in [9.17, 15) is 0 Å². The molecule has 4 rings (SSSR count). The highest BCUT2D eigenvalue weighted by molar-refractivity contribution is 7.12. The quantitative estimate of drug-likeness (QED) is 0.920. The van der Waals surface area contributed by atoms with Crippen LogP contribution in [0.5, 0.6) is 11.5 Å². The molecule has 0 spiro atoms. The first-order valence-corrected chi connectivity index (χ1v) is 8.71. The van der Waals surface area contributed by atoms with Gasteiger partial charge in [0.15, 0.2) is 11.5 Å². The van der Waals surface area contributed by atoms with E-state index in [1.807, 2.05) is 12.1 Å². The number of rotatable bonds is 5. The van der Waals surface area contributed by atoms with Crippen molar-refractivity contribution in [2.24, 2.45) is 0 Å². The molecule has 1 aliphatic heterocycles. The Kier molecular flexibility index (Phi) is 3.76. The van der Waals surface area contributed by atoms with Gasteiger partial charge in [-0.1, -0.05) is 0 Å². The molecule has 1 N–H and O–H groups in total. The molecule has 4 nitrogen and oxygen atoms in total. The lowest BCUT2D eigenvalue weighted by molar-refractivity contribution is 0.171. The number of nitrogens with one attached hydrogen (secondary N) is 1. The fraction of sp³-hybridized carbons (Fsp3) is 0.471. The molecule has 2 aromatic rings. The number of nitrogens with zero attached hydrogens (tertiary/aromatic N) is 1. The van der Waals surface area contributed by atoms with Crippen LogP contribution in [-0.4, -0.2) is 30.8 Å². The standard InChI is InChI=1S/C17H20N2O2S/c1-11-17(19-16(22-11)6-7-18-13-3-4-13)12-2-5-14-15(10-12)21-9-8-20-14/h2,5,10,13,18H,3-4,6-9H2,1H3. The summed E-state index contributed by atoms with van der Waals surface area (Å²) < 4.78 is 11.3. The second kappa shape index (κ2) is 5.89. The highest BCUT2D eigenvalue weighted by Crippen LogP contribution is 2.36. The van der Waals surface area contributed by atoms with Gasteiger partial charge in [0.05, 0.1) is 10.7 Å². The van der Waals surface area contributed by atoms with Gasteiger partial charge in [0.25, 0.3) is 0 Å². The second-order valence-electron chi connectivity index (χ2n) is 5.85. The molecule has 5 heteroatoms. The average molecular weight is 316 g/mol. The van der Waals surface area contributed by atoms with E-state index >= 15 is 0 Å². The van der Waals surface area contributed by atoms with Gasteiger partial charge in [-0.05, 0) is 38.0 Å². The van der Waals surface area contributed by atoms with Crippen LogP contribution in [0.1, 0.15) is 22.7 Å². The molecule has 0 amide bonds. The Morgan fingerprint density at radius 3 is 2.86 bits per heavy atom. The van der Waals surface area contributed by atoms with Gasteiger partial charge in [-0.3, -0.25) is 0 Å². The summed E-state index contributed by atoms with van der Waals surface area (Å²) in [6.45, 7) is 4.41. The van der Waals surface area contributed by atoms with Gasteiger partial charge in [0.2, 0.25) is 0 Å². The summed E-state index contributed by atoms with van der Waals surface area (Å²) in [6, 6.07) is 6.86. The summed E-state index contributed by atoms with van der Waals surface area (Å²) in [5.74, 6) is 1.66. The SMILES string of the molecule is Cc1sc(CCNC2CC2)nc1-c1ccc2c(c1)OCCO2. The maximum Gasteiger partial charge on any atom is 0.162 e. The van der Waals surface area contributed by atoms with E-state index in [2.05, 4.69) is 18.3 Å². The minimum absolute atomic E-state index is 0.616. The minimum Gasteiger partial charge on any atom is -0.486 e. The first-order valence-electron chi connectivity index (χ1n) is 7.89.